The number of ether oxygens (including phenoxy) is 1. The Morgan fingerprint density at radius 1 is 1.31 bits per heavy atom. The number of para-hydroxylation sites is 1. The van der Waals surface area contributed by atoms with Crippen molar-refractivity contribution in [1.29, 1.82) is 0 Å². The zero-order valence-electron chi connectivity index (χ0n) is 13.9. The van der Waals surface area contributed by atoms with Gasteiger partial charge in [-0.15, -0.1) is 11.3 Å². The van der Waals surface area contributed by atoms with Crippen LogP contribution in [0, 0.1) is 0 Å². The van der Waals surface area contributed by atoms with Gasteiger partial charge in [-0.25, -0.2) is 4.98 Å². The van der Waals surface area contributed by atoms with Crippen LogP contribution in [0.1, 0.15) is 23.4 Å². The second kappa shape index (κ2) is 7.76. The first-order valence-corrected chi connectivity index (χ1v) is 9.02. The average Bonchev–Trinajstić information content (AvgIpc) is 3.05. The topological polar surface area (TPSA) is 79.7 Å². The van der Waals surface area contributed by atoms with Crippen LogP contribution in [0.3, 0.4) is 0 Å². The minimum atomic E-state index is -0.877. The van der Waals surface area contributed by atoms with E-state index in [1.165, 1.54) is 18.4 Å². The Bertz CT molecular complexity index is 963. The van der Waals surface area contributed by atoms with Gasteiger partial charge in [0.1, 0.15) is 5.01 Å². The molecule has 134 valence electrons. The first-order chi connectivity index (χ1) is 12.5. The number of phenols is 1. The zero-order valence-corrected chi connectivity index (χ0v) is 15.5. The summed E-state index contributed by atoms with van der Waals surface area (Å²) >= 11 is 7.56. The highest BCUT2D eigenvalue weighted by molar-refractivity contribution is 7.19. The van der Waals surface area contributed by atoms with Gasteiger partial charge in [-0.05, 0) is 47.9 Å². The highest BCUT2D eigenvalue weighted by atomic mass is 35.5. The summed E-state index contributed by atoms with van der Waals surface area (Å²) in [7, 11) is 1.44. The molecule has 0 radical (unpaired) electrons. The van der Waals surface area contributed by atoms with Gasteiger partial charge in [0.25, 0.3) is 0 Å². The van der Waals surface area contributed by atoms with E-state index in [9.17, 15) is 9.90 Å². The summed E-state index contributed by atoms with van der Waals surface area (Å²) in [6.07, 6.45) is 2.15. The van der Waals surface area contributed by atoms with Gasteiger partial charge >= 0.3 is 5.97 Å². The Labute approximate surface area is 159 Å². The number of allylic oxidation sites excluding steroid dienone is 1. The molecular formula is C19H16ClNO4S. The maximum Gasteiger partial charge on any atom is 0.303 e. The summed E-state index contributed by atoms with van der Waals surface area (Å²) < 4.78 is 6.16. The van der Waals surface area contributed by atoms with Gasteiger partial charge < -0.3 is 14.9 Å². The molecule has 1 heterocycles. The van der Waals surface area contributed by atoms with Crippen molar-refractivity contribution < 1.29 is 19.7 Å². The number of aromatic hydroxyl groups is 1. The number of nitrogens with zero attached hydrogens (tertiary/aromatic N) is 1. The molecule has 1 aromatic heterocycles. The Balaban J connectivity index is 2.07. The smallest absolute Gasteiger partial charge is 0.303 e. The average molecular weight is 390 g/mol. The number of carbonyl (C=O) groups is 1. The first kappa shape index (κ1) is 18.2. The molecule has 3 aromatic rings. The molecule has 0 saturated heterocycles. The van der Waals surface area contributed by atoms with E-state index in [2.05, 4.69) is 4.98 Å². The van der Waals surface area contributed by atoms with E-state index in [1.807, 2.05) is 30.3 Å². The van der Waals surface area contributed by atoms with Crippen LogP contribution in [0.25, 0.3) is 21.9 Å². The fraction of sp³-hybridized carbons (Fsp3) is 0.158. The van der Waals surface area contributed by atoms with Crippen LogP contribution in [0.2, 0.25) is 5.02 Å². The van der Waals surface area contributed by atoms with E-state index < -0.39 is 5.97 Å². The summed E-state index contributed by atoms with van der Waals surface area (Å²) in [6.45, 7) is 0. The van der Waals surface area contributed by atoms with Gasteiger partial charge in [-0.2, -0.15) is 0 Å². The third-order valence-electron chi connectivity index (χ3n) is 3.79. The largest absolute Gasteiger partial charge is 0.503 e. The number of aromatic nitrogens is 1. The van der Waals surface area contributed by atoms with Crippen molar-refractivity contribution >= 4 is 50.8 Å². The molecule has 2 aromatic carbocycles. The van der Waals surface area contributed by atoms with Crippen LogP contribution in [0.4, 0.5) is 0 Å². The number of fused-ring (bicyclic) bond motifs is 1. The maximum absolute atomic E-state index is 11.0. The van der Waals surface area contributed by atoms with Crippen molar-refractivity contribution in [1.82, 2.24) is 4.98 Å². The Kier molecular flexibility index (Phi) is 5.44. The van der Waals surface area contributed by atoms with Gasteiger partial charge in [-0.1, -0.05) is 23.7 Å². The normalized spacial score (nSPS) is 11.7. The van der Waals surface area contributed by atoms with E-state index in [0.29, 0.717) is 12.0 Å². The fourth-order valence-electron chi connectivity index (χ4n) is 2.53. The van der Waals surface area contributed by atoms with Crippen LogP contribution >= 0.6 is 22.9 Å². The lowest BCUT2D eigenvalue weighted by Crippen LogP contribution is -1.95. The Morgan fingerprint density at radius 2 is 2.08 bits per heavy atom. The summed E-state index contributed by atoms with van der Waals surface area (Å²) in [5.74, 6) is -0.748. The van der Waals surface area contributed by atoms with Crippen LogP contribution in [0.5, 0.6) is 11.5 Å². The van der Waals surface area contributed by atoms with Crippen LogP contribution in [-0.2, 0) is 4.79 Å². The molecule has 2 N–H and O–H groups in total. The monoisotopic (exact) mass is 389 g/mol. The van der Waals surface area contributed by atoms with E-state index in [1.54, 1.807) is 12.1 Å². The third kappa shape index (κ3) is 3.98. The molecule has 0 spiro atoms. The van der Waals surface area contributed by atoms with Crippen molar-refractivity contribution in [2.75, 3.05) is 7.11 Å². The maximum atomic E-state index is 11.0. The molecule has 0 saturated carbocycles. The van der Waals surface area contributed by atoms with Gasteiger partial charge in [0.15, 0.2) is 11.5 Å². The Morgan fingerprint density at radius 3 is 2.77 bits per heavy atom. The molecule has 5 nitrogen and oxygen atoms in total. The van der Waals surface area contributed by atoms with Crippen LogP contribution < -0.4 is 4.74 Å². The second-order valence-corrected chi connectivity index (χ2v) is 7.04. The minimum absolute atomic E-state index is 0.00922. The molecule has 0 aliphatic heterocycles. The fourth-order valence-corrected chi connectivity index (χ4v) is 3.75. The number of halogens is 1. The highest BCUT2D eigenvalue weighted by Gasteiger charge is 2.13. The summed E-state index contributed by atoms with van der Waals surface area (Å²) in [6, 6.07) is 11.0. The van der Waals surface area contributed by atoms with Gasteiger partial charge in [0.05, 0.1) is 22.3 Å². The molecule has 0 aliphatic carbocycles. The molecule has 0 atom stereocenters. The number of hydrogen-bond donors (Lipinski definition) is 2. The number of phenolic OH excluding ortho intramolecular Hbond substituents is 1. The lowest BCUT2D eigenvalue weighted by molar-refractivity contribution is -0.136. The standard InChI is InChI=1S/C19H16ClNO4S/c1-25-15-10-11(9-13(20)18(15)24)8-12(6-7-17(22)23)19-21-14-4-2-3-5-16(14)26-19/h2-5,8-10,24H,6-7H2,1H3,(H,22,23)/b12-8+. The van der Waals surface area contributed by atoms with Crippen molar-refractivity contribution in [2.45, 2.75) is 12.8 Å². The molecular weight excluding hydrogens is 374 g/mol. The molecule has 0 fully saturated rings. The summed E-state index contributed by atoms with van der Waals surface area (Å²) in [5.41, 5.74) is 2.36. The molecule has 0 aliphatic rings. The SMILES string of the molecule is COc1cc(/C=C(\CCC(=O)O)c2nc3ccccc3s2)cc(Cl)c1O. The number of rotatable bonds is 6. The quantitative estimate of drug-likeness (QED) is 0.615. The number of hydrogen-bond acceptors (Lipinski definition) is 5. The third-order valence-corrected chi connectivity index (χ3v) is 5.19. The predicted octanol–water partition coefficient (Wildman–Crippen LogP) is 5.07. The van der Waals surface area contributed by atoms with Crippen LogP contribution in [-0.4, -0.2) is 28.3 Å². The summed E-state index contributed by atoms with van der Waals surface area (Å²) in [5, 5.41) is 19.9. The molecule has 3 rings (SSSR count). The zero-order chi connectivity index (χ0) is 18.7. The van der Waals surface area contributed by atoms with E-state index in [4.69, 9.17) is 21.4 Å². The summed E-state index contributed by atoms with van der Waals surface area (Å²) in [4.78, 5) is 15.7. The lowest BCUT2D eigenvalue weighted by Gasteiger charge is -2.08. The lowest BCUT2D eigenvalue weighted by atomic mass is 10.1. The molecule has 26 heavy (non-hydrogen) atoms. The van der Waals surface area contributed by atoms with E-state index in [-0.39, 0.29) is 22.9 Å². The second-order valence-electron chi connectivity index (χ2n) is 5.60. The van der Waals surface area contributed by atoms with E-state index >= 15 is 0 Å². The number of carboxylic acids is 1. The minimum Gasteiger partial charge on any atom is -0.503 e. The van der Waals surface area contributed by atoms with Crippen LogP contribution in [0.15, 0.2) is 36.4 Å². The first-order valence-electron chi connectivity index (χ1n) is 7.82. The van der Waals surface area contributed by atoms with Gasteiger partial charge in [0, 0.05) is 6.42 Å². The Hall–Kier alpha value is -2.57. The number of thiazole rings is 1. The number of carboxylic acid groups (broad SMARTS) is 1. The van der Waals surface area contributed by atoms with E-state index in [0.717, 1.165) is 20.8 Å². The molecule has 0 bridgehead atoms. The predicted molar refractivity (Wildman–Crippen MR) is 104 cm³/mol. The van der Waals surface area contributed by atoms with Crippen molar-refractivity contribution in [2.24, 2.45) is 0 Å². The number of benzene rings is 2. The van der Waals surface area contributed by atoms with Crippen molar-refractivity contribution in [3.05, 3.63) is 52.0 Å². The molecule has 0 amide bonds. The number of aliphatic carboxylic acids is 1. The highest BCUT2D eigenvalue weighted by Crippen LogP contribution is 2.37. The molecule has 7 heteroatoms. The molecule has 0 unspecified atom stereocenters. The van der Waals surface area contributed by atoms with Crippen molar-refractivity contribution in [3.8, 4) is 11.5 Å². The van der Waals surface area contributed by atoms with Crippen molar-refractivity contribution in [3.63, 3.8) is 0 Å². The van der Waals surface area contributed by atoms with Gasteiger partial charge in [0.2, 0.25) is 0 Å². The number of methoxy groups -OCH3 is 1. The van der Waals surface area contributed by atoms with Gasteiger partial charge in [-0.3, -0.25) is 4.79 Å².